The molecule has 8 nitrogen and oxygen atoms in total. The van der Waals surface area contributed by atoms with Crippen molar-refractivity contribution in [1.29, 1.82) is 0 Å². The van der Waals surface area contributed by atoms with Gasteiger partial charge in [-0.25, -0.2) is 9.78 Å². The maximum atomic E-state index is 12.8. The number of hydrogen-bond donors (Lipinski definition) is 2. The minimum absolute atomic E-state index is 0.112. The SMILES string of the molecule is COc1ccc(C2CCOCC2)c2nc(NC(=O)N3CC[C@@]4(CCOC4)C3)[nH]c12. The highest BCUT2D eigenvalue weighted by Gasteiger charge is 2.42. The summed E-state index contributed by atoms with van der Waals surface area (Å²) in [5.74, 6) is 1.60. The summed E-state index contributed by atoms with van der Waals surface area (Å²) >= 11 is 0. The van der Waals surface area contributed by atoms with E-state index in [1.807, 2.05) is 11.0 Å². The van der Waals surface area contributed by atoms with Gasteiger partial charge in [-0.05, 0) is 43.2 Å². The number of hydrogen-bond acceptors (Lipinski definition) is 5. The Morgan fingerprint density at radius 1 is 1.28 bits per heavy atom. The zero-order valence-corrected chi connectivity index (χ0v) is 16.8. The van der Waals surface area contributed by atoms with E-state index in [9.17, 15) is 4.79 Å². The lowest BCUT2D eigenvalue weighted by Crippen LogP contribution is -2.35. The maximum Gasteiger partial charge on any atom is 0.324 e. The molecule has 1 spiro atoms. The molecule has 1 atom stereocenters. The number of methoxy groups -OCH3 is 1. The minimum atomic E-state index is -0.112. The predicted molar refractivity (Wildman–Crippen MR) is 109 cm³/mol. The van der Waals surface area contributed by atoms with Gasteiger partial charge in [0.2, 0.25) is 5.95 Å². The van der Waals surface area contributed by atoms with Crippen molar-refractivity contribution in [2.75, 3.05) is 51.9 Å². The number of benzene rings is 1. The number of amides is 2. The van der Waals surface area contributed by atoms with Crippen LogP contribution in [-0.2, 0) is 9.47 Å². The summed E-state index contributed by atoms with van der Waals surface area (Å²) in [5.41, 5.74) is 3.02. The first-order valence-corrected chi connectivity index (χ1v) is 10.5. The van der Waals surface area contributed by atoms with Gasteiger partial charge in [-0.1, -0.05) is 6.07 Å². The number of H-pyrrole nitrogens is 1. The van der Waals surface area contributed by atoms with Gasteiger partial charge in [0.25, 0.3) is 0 Å². The normalized spacial score (nSPS) is 25.2. The summed E-state index contributed by atoms with van der Waals surface area (Å²) in [6.45, 7) is 4.60. The number of nitrogens with one attached hydrogen (secondary N) is 2. The third-order valence-corrected chi connectivity index (χ3v) is 6.65. The molecule has 3 fully saturated rings. The molecule has 0 saturated carbocycles. The lowest BCUT2D eigenvalue weighted by molar-refractivity contribution is 0.0856. The second kappa shape index (κ2) is 7.50. The Labute approximate surface area is 169 Å². The van der Waals surface area contributed by atoms with Crippen LogP contribution in [0.2, 0.25) is 0 Å². The highest BCUT2D eigenvalue weighted by molar-refractivity contribution is 5.92. The van der Waals surface area contributed by atoms with Gasteiger partial charge in [-0.15, -0.1) is 0 Å². The van der Waals surface area contributed by atoms with E-state index in [1.54, 1.807) is 7.11 Å². The molecule has 3 saturated heterocycles. The molecule has 0 unspecified atom stereocenters. The summed E-state index contributed by atoms with van der Waals surface area (Å²) in [6, 6.07) is 3.95. The number of imidazole rings is 1. The van der Waals surface area contributed by atoms with Crippen LogP contribution in [0.5, 0.6) is 5.75 Å². The minimum Gasteiger partial charge on any atom is -0.494 e. The summed E-state index contributed by atoms with van der Waals surface area (Å²) in [7, 11) is 1.65. The quantitative estimate of drug-likeness (QED) is 0.826. The Bertz CT molecular complexity index is 899. The predicted octanol–water partition coefficient (Wildman–Crippen LogP) is 3.11. The number of carbonyl (C=O) groups excluding carboxylic acids is 1. The van der Waals surface area contributed by atoms with Crippen LogP contribution in [0.3, 0.4) is 0 Å². The van der Waals surface area contributed by atoms with E-state index in [0.29, 0.717) is 11.9 Å². The Morgan fingerprint density at radius 3 is 2.90 bits per heavy atom. The van der Waals surface area contributed by atoms with Crippen LogP contribution < -0.4 is 10.1 Å². The van der Waals surface area contributed by atoms with Crippen molar-refractivity contribution < 1.29 is 19.0 Å². The number of anilines is 1. The Balaban J connectivity index is 1.38. The third-order valence-electron chi connectivity index (χ3n) is 6.65. The van der Waals surface area contributed by atoms with Gasteiger partial charge >= 0.3 is 6.03 Å². The van der Waals surface area contributed by atoms with Crippen LogP contribution >= 0.6 is 0 Å². The molecule has 3 aliphatic heterocycles. The molecule has 0 radical (unpaired) electrons. The van der Waals surface area contributed by atoms with Crippen LogP contribution in [0.25, 0.3) is 11.0 Å². The number of aromatic amines is 1. The smallest absolute Gasteiger partial charge is 0.324 e. The molecular formula is C21H28N4O4. The second-order valence-corrected chi connectivity index (χ2v) is 8.46. The highest BCUT2D eigenvalue weighted by Crippen LogP contribution is 2.39. The molecular weight excluding hydrogens is 372 g/mol. The van der Waals surface area contributed by atoms with Gasteiger partial charge in [0.1, 0.15) is 11.3 Å². The molecule has 4 heterocycles. The Kier molecular flexibility index (Phi) is 4.83. The number of likely N-dealkylation sites (tertiary alicyclic amines) is 1. The van der Waals surface area contributed by atoms with Gasteiger partial charge in [0.15, 0.2) is 0 Å². The van der Waals surface area contributed by atoms with Crippen molar-refractivity contribution in [2.45, 2.75) is 31.6 Å². The molecule has 8 heteroatoms. The fourth-order valence-electron chi connectivity index (χ4n) is 4.92. The number of aromatic nitrogens is 2. The van der Waals surface area contributed by atoms with E-state index in [0.717, 1.165) is 82.0 Å². The van der Waals surface area contributed by atoms with Crippen molar-refractivity contribution in [3.05, 3.63) is 17.7 Å². The van der Waals surface area contributed by atoms with Crippen LogP contribution in [0, 0.1) is 5.41 Å². The van der Waals surface area contributed by atoms with Gasteiger partial charge in [0.05, 0.1) is 19.2 Å². The molecule has 2 amide bonds. The number of nitrogens with zero attached hydrogens (tertiary/aromatic N) is 2. The average Bonchev–Trinajstić information content (AvgIpc) is 3.48. The highest BCUT2D eigenvalue weighted by atomic mass is 16.5. The van der Waals surface area contributed by atoms with E-state index < -0.39 is 0 Å². The summed E-state index contributed by atoms with van der Waals surface area (Å²) < 4.78 is 16.6. The Hall–Kier alpha value is -2.32. The molecule has 0 aliphatic carbocycles. The molecule has 1 aromatic heterocycles. The standard InChI is InChI=1S/C21H28N4O4/c1-27-16-3-2-15(14-4-9-28-10-5-14)17-18(16)23-19(22-17)24-20(26)25-8-6-21(12-25)7-11-29-13-21/h2-3,14H,4-13H2,1H3,(H2,22,23,24,26)/t21-/m1/s1. The zero-order valence-electron chi connectivity index (χ0n) is 16.8. The van der Waals surface area contributed by atoms with Gasteiger partial charge < -0.3 is 24.1 Å². The second-order valence-electron chi connectivity index (χ2n) is 8.46. The zero-order chi connectivity index (χ0) is 19.8. The van der Waals surface area contributed by atoms with Crippen LogP contribution in [0.1, 0.15) is 37.2 Å². The summed E-state index contributed by atoms with van der Waals surface area (Å²) in [5, 5.41) is 2.96. The molecule has 3 aliphatic rings. The van der Waals surface area contributed by atoms with E-state index in [-0.39, 0.29) is 11.4 Å². The van der Waals surface area contributed by atoms with Crippen molar-refractivity contribution in [3.8, 4) is 5.75 Å². The summed E-state index contributed by atoms with van der Waals surface area (Å²) in [6.07, 6.45) is 4.00. The number of fused-ring (bicyclic) bond motifs is 1. The summed E-state index contributed by atoms with van der Waals surface area (Å²) in [4.78, 5) is 22.7. The molecule has 0 bridgehead atoms. The molecule has 29 heavy (non-hydrogen) atoms. The molecule has 1 aromatic carbocycles. The van der Waals surface area contributed by atoms with Crippen molar-refractivity contribution in [1.82, 2.24) is 14.9 Å². The van der Waals surface area contributed by atoms with Crippen molar-refractivity contribution >= 4 is 23.0 Å². The third kappa shape index (κ3) is 3.44. The van der Waals surface area contributed by atoms with Crippen molar-refractivity contribution in [2.24, 2.45) is 5.41 Å². The number of ether oxygens (including phenoxy) is 3. The van der Waals surface area contributed by atoms with Gasteiger partial charge in [-0.3, -0.25) is 5.32 Å². The molecule has 2 N–H and O–H groups in total. The average molecular weight is 400 g/mol. The first-order chi connectivity index (χ1) is 14.2. The van der Waals surface area contributed by atoms with Gasteiger partial charge in [0, 0.05) is 38.3 Å². The monoisotopic (exact) mass is 400 g/mol. The fourth-order valence-corrected chi connectivity index (χ4v) is 4.92. The number of rotatable bonds is 3. The van der Waals surface area contributed by atoms with E-state index in [4.69, 9.17) is 19.2 Å². The lowest BCUT2D eigenvalue weighted by atomic mass is 9.87. The molecule has 2 aromatic rings. The van der Waals surface area contributed by atoms with Crippen molar-refractivity contribution in [3.63, 3.8) is 0 Å². The maximum absolute atomic E-state index is 12.8. The largest absolute Gasteiger partial charge is 0.494 e. The van der Waals surface area contributed by atoms with E-state index in [2.05, 4.69) is 16.4 Å². The number of urea groups is 1. The molecule has 5 rings (SSSR count). The first-order valence-electron chi connectivity index (χ1n) is 10.5. The van der Waals surface area contributed by atoms with E-state index in [1.165, 1.54) is 5.56 Å². The number of carbonyl (C=O) groups is 1. The lowest BCUT2D eigenvalue weighted by Gasteiger charge is -2.22. The van der Waals surface area contributed by atoms with Crippen LogP contribution in [0.15, 0.2) is 12.1 Å². The van der Waals surface area contributed by atoms with E-state index >= 15 is 0 Å². The topological polar surface area (TPSA) is 88.7 Å². The first kappa shape index (κ1) is 18.7. The Morgan fingerprint density at radius 2 is 2.14 bits per heavy atom. The van der Waals surface area contributed by atoms with Gasteiger partial charge in [-0.2, -0.15) is 0 Å². The van der Waals surface area contributed by atoms with Crippen LogP contribution in [-0.4, -0.2) is 67.5 Å². The fraction of sp³-hybridized carbons (Fsp3) is 0.619. The molecule has 156 valence electrons. The van der Waals surface area contributed by atoms with Crippen LogP contribution in [0.4, 0.5) is 10.7 Å².